The van der Waals surface area contributed by atoms with Gasteiger partial charge >= 0.3 is 5.97 Å². The lowest BCUT2D eigenvalue weighted by atomic mass is 10.2. The molecule has 4 aromatic rings. The van der Waals surface area contributed by atoms with Gasteiger partial charge in [0.2, 0.25) is 0 Å². The second-order valence-electron chi connectivity index (χ2n) is 5.72. The summed E-state index contributed by atoms with van der Waals surface area (Å²) in [5.74, 6) is -0.205. The van der Waals surface area contributed by atoms with Gasteiger partial charge in [-0.2, -0.15) is 0 Å². The number of amides is 1. The minimum absolute atomic E-state index is 0.217. The van der Waals surface area contributed by atoms with Crippen molar-refractivity contribution in [3.05, 3.63) is 90.0 Å². The molecule has 0 saturated carbocycles. The van der Waals surface area contributed by atoms with E-state index in [1.807, 2.05) is 12.1 Å². The first kappa shape index (κ1) is 16.9. The van der Waals surface area contributed by atoms with Crippen LogP contribution in [0.5, 0.6) is 5.75 Å². The van der Waals surface area contributed by atoms with Gasteiger partial charge < -0.3 is 4.74 Å². The Balaban J connectivity index is 1.52. The second-order valence-corrected chi connectivity index (χ2v) is 6.75. The lowest BCUT2D eigenvalue weighted by molar-refractivity contribution is 0.0735. The maximum Gasteiger partial charge on any atom is 0.343 e. The highest BCUT2D eigenvalue weighted by atomic mass is 32.1. The molecule has 5 nitrogen and oxygen atoms in total. The molecule has 1 N–H and O–H groups in total. The third kappa shape index (κ3) is 3.86. The number of hydrogen-bond donors (Lipinski definition) is 1. The summed E-state index contributed by atoms with van der Waals surface area (Å²) < 4.78 is 6.24. The third-order valence-electron chi connectivity index (χ3n) is 3.84. The van der Waals surface area contributed by atoms with Crippen LogP contribution in [0.2, 0.25) is 0 Å². The van der Waals surface area contributed by atoms with E-state index in [2.05, 4.69) is 10.3 Å². The number of esters is 1. The molecule has 1 amide bonds. The van der Waals surface area contributed by atoms with Gasteiger partial charge in [0.25, 0.3) is 5.91 Å². The minimum atomic E-state index is -0.419. The van der Waals surface area contributed by atoms with Gasteiger partial charge in [0.05, 0.1) is 15.8 Å². The van der Waals surface area contributed by atoms with Crippen LogP contribution in [0.1, 0.15) is 20.7 Å². The van der Waals surface area contributed by atoms with Crippen LogP contribution in [0.3, 0.4) is 0 Å². The Labute approximate surface area is 159 Å². The first-order valence-electron chi connectivity index (χ1n) is 8.23. The molecule has 132 valence electrons. The topological polar surface area (TPSA) is 68.3 Å². The predicted octanol–water partition coefficient (Wildman–Crippen LogP) is 4.77. The SMILES string of the molecule is O=C(Nc1nc2ccc(OC(=O)c3ccccc3)cc2s1)c1ccccc1. The third-order valence-corrected chi connectivity index (χ3v) is 4.77. The maximum absolute atomic E-state index is 12.2. The van der Waals surface area contributed by atoms with E-state index >= 15 is 0 Å². The number of thiazole rings is 1. The van der Waals surface area contributed by atoms with Crippen LogP contribution in [0, 0.1) is 0 Å². The van der Waals surface area contributed by atoms with Gasteiger partial charge in [0.15, 0.2) is 5.13 Å². The summed E-state index contributed by atoms with van der Waals surface area (Å²) in [5.41, 5.74) is 1.77. The summed E-state index contributed by atoms with van der Waals surface area (Å²) in [5, 5.41) is 3.29. The first-order valence-corrected chi connectivity index (χ1v) is 9.05. The van der Waals surface area contributed by atoms with Crippen molar-refractivity contribution in [3.63, 3.8) is 0 Å². The molecule has 0 saturated heterocycles. The monoisotopic (exact) mass is 374 g/mol. The highest BCUT2D eigenvalue weighted by Gasteiger charge is 2.12. The molecule has 3 aromatic carbocycles. The fourth-order valence-corrected chi connectivity index (χ4v) is 3.41. The summed E-state index contributed by atoms with van der Waals surface area (Å²) in [6, 6.07) is 22.9. The molecule has 1 aromatic heterocycles. The lowest BCUT2D eigenvalue weighted by Crippen LogP contribution is -2.11. The average Bonchev–Trinajstić information content (AvgIpc) is 3.10. The number of ether oxygens (including phenoxy) is 1. The molecule has 0 aliphatic carbocycles. The van der Waals surface area contributed by atoms with Gasteiger partial charge in [-0.15, -0.1) is 0 Å². The molecule has 0 unspecified atom stereocenters. The number of anilines is 1. The summed E-state index contributed by atoms with van der Waals surface area (Å²) in [4.78, 5) is 28.8. The fourth-order valence-electron chi connectivity index (χ4n) is 2.52. The molecule has 1 heterocycles. The van der Waals surface area contributed by atoms with Crippen molar-refractivity contribution >= 4 is 38.6 Å². The zero-order valence-electron chi connectivity index (χ0n) is 14.1. The van der Waals surface area contributed by atoms with Crippen LogP contribution in [-0.4, -0.2) is 16.9 Å². The van der Waals surface area contributed by atoms with Crippen molar-refractivity contribution in [2.24, 2.45) is 0 Å². The van der Waals surface area contributed by atoms with E-state index in [4.69, 9.17) is 4.74 Å². The van der Waals surface area contributed by atoms with Crippen LogP contribution in [-0.2, 0) is 0 Å². The molecule has 0 fully saturated rings. The van der Waals surface area contributed by atoms with E-state index < -0.39 is 5.97 Å². The maximum atomic E-state index is 12.2. The summed E-state index contributed by atoms with van der Waals surface area (Å²) in [7, 11) is 0. The van der Waals surface area contributed by atoms with Crippen molar-refractivity contribution in [2.45, 2.75) is 0 Å². The summed E-state index contributed by atoms with van der Waals surface area (Å²) in [6.45, 7) is 0. The van der Waals surface area contributed by atoms with Crippen LogP contribution >= 0.6 is 11.3 Å². The fraction of sp³-hybridized carbons (Fsp3) is 0. The van der Waals surface area contributed by atoms with E-state index in [-0.39, 0.29) is 5.91 Å². The Morgan fingerprint density at radius 3 is 2.22 bits per heavy atom. The number of nitrogens with one attached hydrogen (secondary N) is 1. The van der Waals surface area contributed by atoms with Gasteiger partial charge in [-0.05, 0) is 36.4 Å². The van der Waals surface area contributed by atoms with Crippen LogP contribution in [0.15, 0.2) is 78.9 Å². The molecule has 0 radical (unpaired) electrons. The molecule has 0 aliphatic rings. The Bertz CT molecular complexity index is 1060. The van der Waals surface area contributed by atoms with E-state index in [1.54, 1.807) is 66.7 Å². The van der Waals surface area contributed by atoms with Gasteiger partial charge in [0.1, 0.15) is 5.75 Å². The number of fused-ring (bicyclic) bond motifs is 1. The number of carbonyl (C=O) groups excluding carboxylic acids is 2. The predicted molar refractivity (Wildman–Crippen MR) is 105 cm³/mol. The number of hydrogen-bond acceptors (Lipinski definition) is 5. The molecule has 0 spiro atoms. The normalized spacial score (nSPS) is 10.5. The number of aromatic nitrogens is 1. The van der Waals surface area contributed by atoms with Crippen molar-refractivity contribution in [3.8, 4) is 5.75 Å². The first-order chi connectivity index (χ1) is 13.2. The van der Waals surface area contributed by atoms with Crippen LogP contribution < -0.4 is 10.1 Å². The standard InChI is InChI=1S/C21H14N2O3S/c24-19(14-7-3-1-4-8-14)23-21-22-17-12-11-16(13-18(17)27-21)26-20(25)15-9-5-2-6-10-15/h1-13H,(H,22,23,24). The van der Waals surface area contributed by atoms with E-state index in [1.165, 1.54) is 11.3 Å². The van der Waals surface area contributed by atoms with Gasteiger partial charge in [0, 0.05) is 11.6 Å². The smallest absolute Gasteiger partial charge is 0.343 e. The van der Waals surface area contributed by atoms with Crippen LogP contribution in [0.4, 0.5) is 5.13 Å². The Kier molecular flexibility index (Phi) is 4.63. The quantitative estimate of drug-likeness (QED) is 0.413. The minimum Gasteiger partial charge on any atom is -0.423 e. The number of rotatable bonds is 4. The van der Waals surface area contributed by atoms with Crippen molar-refractivity contribution in [2.75, 3.05) is 5.32 Å². The molecular weight excluding hydrogens is 360 g/mol. The van der Waals surface area contributed by atoms with Gasteiger partial charge in [-0.3, -0.25) is 10.1 Å². The molecule has 0 aliphatic heterocycles. The largest absolute Gasteiger partial charge is 0.423 e. The number of nitrogens with zero attached hydrogens (tertiary/aromatic N) is 1. The molecule has 0 bridgehead atoms. The van der Waals surface area contributed by atoms with Crippen LogP contribution in [0.25, 0.3) is 10.2 Å². The van der Waals surface area contributed by atoms with Crippen molar-refractivity contribution < 1.29 is 14.3 Å². The van der Waals surface area contributed by atoms with Gasteiger partial charge in [-0.25, -0.2) is 9.78 Å². The zero-order chi connectivity index (χ0) is 18.6. The van der Waals surface area contributed by atoms with Crippen molar-refractivity contribution in [1.29, 1.82) is 0 Å². The number of benzene rings is 3. The molecular formula is C21H14N2O3S. The second kappa shape index (κ2) is 7.39. The van der Waals surface area contributed by atoms with E-state index in [0.717, 1.165) is 10.2 Å². The van der Waals surface area contributed by atoms with Gasteiger partial charge in [-0.1, -0.05) is 47.7 Å². The highest BCUT2D eigenvalue weighted by Crippen LogP contribution is 2.29. The molecule has 6 heteroatoms. The summed E-state index contributed by atoms with van der Waals surface area (Å²) >= 11 is 1.32. The lowest BCUT2D eigenvalue weighted by Gasteiger charge is -2.03. The highest BCUT2D eigenvalue weighted by molar-refractivity contribution is 7.22. The van der Waals surface area contributed by atoms with Crippen molar-refractivity contribution in [1.82, 2.24) is 4.98 Å². The summed E-state index contributed by atoms with van der Waals surface area (Å²) in [6.07, 6.45) is 0. The Morgan fingerprint density at radius 1 is 0.852 bits per heavy atom. The number of carbonyl (C=O) groups is 2. The molecule has 4 rings (SSSR count). The zero-order valence-corrected chi connectivity index (χ0v) is 14.9. The van der Waals surface area contributed by atoms with E-state index in [9.17, 15) is 9.59 Å². The van der Waals surface area contributed by atoms with E-state index in [0.29, 0.717) is 22.0 Å². The average molecular weight is 374 g/mol. The molecule has 0 atom stereocenters. The Morgan fingerprint density at radius 2 is 1.52 bits per heavy atom. The Hall–Kier alpha value is -3.51. The molecule has 27 heavy (non-hydrogen) atoms.